The summed E-state index contributed by atoms with van der Waals surface area (Å²) in [5.41, 5.74) is 2.73. The Morgan fingerprint density at radius 3 is 2.79 bits per heavy atom. The number of nitrogens with zero attached hydrogens (tertiary/aromatic N) is 3. The number of benzene rings is 1. The maximum Gasteiger partial charge on any atom is 0.240 e. The van der Waals surface area contributed by atoms with Crippen molar-refractivity contribution in [1.29, 1.82) is 0 Å². The molecule has 1 aromatic heterocycles. The number of nitrogens with one attached hydrogen (secondary N) is 3. The zero-order valence-corrected chi connectivity index (χ0v) is 19.0. The molecule has 1 unspecified atom stereocenters. The van der Waals surface area contributed by atoms with Gasteiger partial charge in [-0.05, 0) is 37.2 Å². The first kappa shape index (κ1) is 20.3. The van der Waals surface area contributed by atoms with Gasteiger partial charge in [0.25, 0.3) is 0 Å². The Morgan fingerprint density at radius 2 is 2.06 bits per heavy atom. The molecule has 2 fully saturated rings. The first-order valence-electron chi connectivity index (χ1n) is 11.4. The van der Waals surface area contributed by atoms with Crippen molar-refractivity contribution in [3.05, 3.63) is 46.4 Å². The molecule has 33 heavy (non-hydrogen) atoms. The van der Waals surface area contributed by atoms with E-state index in [0.717, 1.165) is 40.6 Å². The van der Waals surface area contributed by atoms with Gasteiger partial charge in [-0.2, -0.15) is 0 Å². The summed E-state index contributed by atoms with van der Waals surface area (Å²) in [6, 6.07) is 6.17. The lowest BCUT2D eigenvalue weighted by molar-refractivity contribution is -0.128. The standard InChI is InChI=1S/C24H28N6O3/c1-13(15-7-20(31)25-9-15)33-22-21-18(26-12-27-21)8-17(28-22)14-4-5-16-19(6-14)30(3)23(32)24(16)10-29(2)11-24/h4-6,8,12-13,15,17,28H,7,9-11H2,1-3H3,(H,25,31)(H,26,27)/t13-,15-,17?/m1/s1. The maximum absolute atomic E-state index is 13.1. The number of carbonyl (C=O) groups excluding carboxylic acids is 2. The van der Waals surface area contributed by atoms with Gasteiger partial charge in [0.15, 0.2) is 0 Å². The number of anilines is 1. The molecule has 2 aromatic rings. The Bertz CT molecular complexity index is 1280. The zero-order chi connectivity index (χ0) is 22.9. The number of rotatable bonds is 4. The van der Waals surface area contributed by atoms with Crippen LogP contribution in [0.3, 0.4) is 0 Å². The van der Waals surface area contributed by atoms with E-state index in [2.05, 4.69) is 49.8 Å². The molecule has 5 heterocycles. The number of hydrogen-bond acceptors (Lipinski definition) is 6. The monoisotopic (exact) mass is 448 g/mol. The summed E-state index contributed by atoms with van der Waals surface area (Å²) in [6.45, 7) is 4.13. The third-order valence-corrected chi connectivity index (χ3v) is 7.53. The number of likely N-dealkylation sites (N-methyl/N-ethyl adjacent to an activating group) is 2. The third-order valence-electron chi connectivity index (χ3n) is 7.53. The van der Waals surface area contributed by atoms with Crippen LogP contribution < -0.4 is 26.2 Å². The summed E-state index contributed by atoms with van der Waals surface area (Å²) in [6.07, 6.45) is 4.08. The first-order chi connectivity index (χ1) is 15.9. The van der Waals surface area contributed by atoms with Crippen molar-refractivity contribution in [2.45, 2.75) is 30.9 Å². The van der Waals surface area contributed by atoms with Gasteiger partial charge in [0.05, 0.1) is 17.7 Å². The van der Waals surface area contributed by atoms with Crippen molar-refractivity contribution in [1.82, 2.24) is 25.5 Å². The number of amides is 2. The summed E-state index contributed by atoms with van der Waals surface area (Å²) in [5, 5.41) is 7.99. The zero-order valence-electron chi connectivity index (χ0n) is 19.0. The molecule has 4 aliphatic heterocycles. The van der Waals surface area contributed by atoms with Crippen molar-refractivity contribution in [2.24, 2.45) is 5.92 Å². The van der Waals surface area contributed by atoms with Crippen LogP contribution in [0.2, 0.25) is 0 Å². The number of imidazole rings is 1. The van der Waals surface area contributed by atoms with Gasteiger partial charge < -0.3 is 30.2 Å². The molecule has 2 amide bonds. The molecule has 2 saturated heterocycles. The molecule has 0 aliphatic carbocycles. The molecule has 9 nitrogen and oxygen atoms in total. The Balaban J connectivity index is 1.31. The lowest BCUT2D eigenvalue weighted by Crippen LogP contribution is -2.62. The maximum atomic E-state index is 13.1. The normalized spacial score (nSPS) is 26.3. The molecule has 172 valence electrons. The molecule has 4 aliphatic rings. The van der Waals surface area contributed by atoms with E-state index < -0.39 is 5.41 Å². The molecule has 0 radical (unpaired) electrons. The summed E-state index contributed by atoms with van der Waals surface area (Å²) in [4.78, 5) is 36.3. The van der Waals surface area contributed by atoms with Crippen LogP contribution in [0.1, 0.15) is 30.5 Å². The van der Waals surface area contributed by atoms with Crippen LogP contribution in [0.4, 0.5) is 5.69 Å². The van der Waals surface area contributed by atoms with Crippen LogP contribution in [0, 0.1) is 5.92 Å². The molecule has 1 aromatic carbocycles. The van der Waals surface area contributed by atoms with E-state index in [1.807, 2.05) is 21.0 Å². The lowest BCUT2D eigenvalue weighted by atomic mass is 9.74. The summed E-state index contributed by atoms with van der Waals surface area (Å²) in [7, 11) is 3.91. The van der Waals surface area contributed by atoms with E-state index in [4.69, 9.17) is 4.74 Å². The Labute approximate surface area is 191 Å². The molecule has 1 spiro atoms. The largest absolute Gasteiger partial charge is 0.474 e. The fraction of sp³-hybridized carbons (Fsp3) is 0.458. The second-order valence-corrected chi connectivity index (χ2v) is 9.77. The number of carbonyl (C=O) groups is 2. The predicted molar refractivity (Wildman–Crippen MR) is 122 cm³/mol. The Morgan fingerprint density at radius 1 is 1.24 bits per heavy atom. The van der Waals surface area contributed by atoms with Gasteiger partial charge in [0.2, 0.25) is 17.7 Å². The third kappa shape index (κ3) is 2.98. The highest BCUT2D eigenvalue weighted by molar-refractivity contribution is 6.09. The van der Waals surface area contributed by atoms with Crippen LogP contribution in [0.25, 0.3) is 12.0 Å². The minimum absolute atomic E-state index is 0.0657. The topological polar surface area (TPSA) is 103 Å². The van der Waals surface area contributed by atoms with Crippen LogP contribution in [-0.4, -0.2) is 66.5 Å². The van der Waals surface area contributed by atoms with Gasteiger partial charge in [-0.3, -0.25) is 9.59 Å². The van der Waals surface area contributed by atoms with Gasteiger partial charge >= 0.3 is 0 Å². The first-order valence-corrected chi connectivity index (χ1v) is 11.4. The van der Waals surface area contributed by atoms with Crippen LogP contribution in [0.5, 0.6) is 0 Å². The number of hydrogen-bond donors (Lipinski definition) is 3. The van der Waals surface area contributed by atoms with Crippen LogP contribution in [0.15, 0.2) is 24.5 Å². The van der Waals surface area contributed by atoms with E-state index >= 15 is 0 Å². The van der Waals surface area contributed by atoms with Crippen molar-refractivity contribution in [2.75, 3.05) is 38.6 Å². The van der Waals surface area contributed by atoms with E-state index in [0.29, 0.717) is 18.8 Å². The molecule has 6 rings (SSSR count). The summed E-state index contributed by atoms with van der Waals surface area (Å²) in [5.74, 6) is 0.965. The van der Waals surface area contributed by atoms with Crippen molar-refractivity contribution in [3.63, 3.8) is 0 Å². The quantitative estimate of drug-likeness (QED) is 0.572. The molecule has 3 atom stereocenters. The second kappa shape index (κ2) is 7.08. The predicted octanol–water partition coefficient (Wildman–Crippen LogP) is -0.699. The van der Waals surface area contributed by atoms with Crippen molar-refractivity contribution >= 4 is 29.5 Å². The number of aromatic amines is 1. The fourth-order valence-electron chi connectivity index (χ4n) is 5.69. The van der Waals surface area contributed by atoms with Crippen molar-refractivity contribution in [3.8, 4) is 0 Å². The average Bonchev–Trinajstić information content (AvgIpc) is 3.48. The average molecular weight is 449 g/mol. The van der Waals surface area contributed by atoms with Gasteiger partial charge in [-0.15, -0.1) is 0 Å². The Kier molecular flexibility index (Phi) is 4.35. The highest BCUT2D eigenvalue weighted by atomic mass is 16.5. The van der Waals surface area contributed by atoms with E-state index in [9.17, 15) is 9.59 Å². The highest BCUT2D eigenvalue weighted by Gasteiger charge is 2.56. The summed E-state index contributed by atoms with van der Waals surface area (Å²) < 4.78 is 6.30. The molecule has 3 N–H and O–H groups in total. The van der Waals surface area contributed by atoms with E-state index in [1.165, 1.54) is 0 Å². The fourth-order valence-corrected chi connectivity index (χ4v) is 5.69. The summed E-state index contributed by atoms with van der Waals surface area (Å²) >= 11 is 0. The number of H-pyrrole nitrogens is 1. The Hall–Kier alpha value is -3.33. The van der Waals surface area contributed by atoms with Gasteiger partial charge in [-0.1, -0.05) is 12.1 Å². The number of ether oxygens (including phenoxy) is 1. The SMILES string of the molecule is C[C@@H](OC1=c2nc[nH]c2=CC(c2ccc3c(c2)N(C)C(=O)C32CN(C)C2)N1)[C@H]1CNC(=O)C1. The number of fused-ring (bicyclic) bond motifs is 3. The minimum Gasteiger partial charge on any atom is -0.474 e. The molecular weight excluding hydrogens is 420 g/mol. The molecule has 0 saturated carbocycles. The van der Waals surface area contributed by atoms with Crippen molar-refractivity contribution < 1.29 is 14.3 Å². The number of aromatic nitrogens is 2. The lowest BCUT2D eigenvalue weighted by Gasteiger charge is -2.44. The highest BCUT2D eigenvalue weighted by Crippen LogP contribution is 2.47. The number of likely N-dealkylation sites (tertiary alicyclic amines) is 1. The molecule has 0 bridgehead atoms. The van der Waals surface area contributed by atoms with Crippen LogP contribution in [-0.2, 0) is 19.7 Å². The van der Waals surface area contributed by atoms with Crippen LogP contribution >= 0.6 is 0 Å². The van der Waals surface area contributed by atoms with Gasteiger partial charge in [-0.25, -0.2) is 4.98 Å². The smallest absolute Gasteiger partial charge is 0.240 e. The van der Waals surface area contributed by atoms with E-state index in [-0.39, 0.29) is 29.9 Å². The van der Waals surface area contributed by atoms with Gasteiger partial charge in [0, 0.05) is 44.7 Å². The molecular formula is C24H28N6O3. The minimum atomic E-state index is -0.403. The van der Waals surface area contributed by atoms with E-state index in [1.54, 1.807) is 11.2 Å². The molecule has 9 heteroatoms. The van der Waals surface area contributed by atoms with Gasteiger partial charge in [0.1, 0.15) is 16.9 Å². The second-order valence-electron chi connectivity index (χ2n) is 9.77.